The summed E-state index contributed by atoms with van der Waals surface area (Å²) in [7, 11) is 0. The van der Waals surface area contributed by atoms with Crippen LogP contribution in [0.15, 0.2) is 115 Å². The zero-order valence-electron chi connectivity index (χ0n) is 18.2. The molecule has 0 unspecified atom stereocenters. The van der Waals surface area contributed by atoms with E-state index in [4.69, 9.17) is 16.9 Å². The number of hydrogen-bond acceptors (Lipinski definition) is 1. The topological polar surface area (TPSA) is 28.7 Å². The van der Waals surface area contributed by atoms with Crippen molar-refractivity contribution in [1.82, 2.24) is 4.57 Å². The van der Waals surface area contributed by atoms with E-state index in [1.165, 1.54) is 16.5 Å². The molecule has 0 saturated heterocycles. The van der Waals surface area contributed by atoms with Crippen LogP contribution in [-0.2, 0) is 0 Å². The van der Waals surface area contributed by atoms with E-state index >= 15 is 0 Å². The van der Waals surface area contributed by atoms with E-state index in [1.54, 1.807) is 0 Å². The lowest BCUT2D eigenvalue weighted by Gasteiger charge is -2.10. The molecule has 0 saturated carbocycles. The van der Waals surface area contributed by atoms with Crippen LogP contribution in [0.5, 0.6) is 0 Å². The summed E-state index contributed by atoms with van der Waals surface area (Å²) in [5.41, 5.74) is 8.59. The molecular formula is C31H19ClN2. The van der Waals surface area contributed by atoms with Gasteiger partial charge in [-0.15, -0.1) is 0 Å². The van der Waals surface area contributed by atoms with E-state index in [0.29, 0.717) is 5.56 Å². The van der Waals surface area contributed by atoms with Crippen molar-refractivity contribution in [1.29, 1.82) is 5.26 Å². The molecule has 5 aromatic carbocycles. The number of hydrogen-bond donors (Lipinski definition) is 0. The van der Waals surface area contributed by atoms with Gasteiger partial charge in [-0.2, -0.15) is 5.26 Å². The molecule has 0 bridgehead atoms. The second kappa shape index (κ2) is 8.23. The van der Waals surface area contributed by atoms with E-state index in [-0.39, 0.29) is 0 Å². The highest BCUT2D eigenvalue weighted by atomic mass is 35.5. The lowest BCUT2D eigenvalue weighted by molar-refractivity contribution is 1.18. The van der Waals surface area contributed by atoms with Crippen molar-refractivity contribution in [2.75, 3.05) is 0 Å². The first-order chi connectivity index (χ1) is 16.7. The predicted molar refractivity (Wildman–Crippen MR) is 141 cm³/mol. The molecule has 0 amide bonds. The maximum Gasteiger partial charge on any atom is 0.0991 e. The minimum Gasteiger partial charge on any atom is -0.309 e. The SMILES string of the molecule is N#Cc1ccc(-c2ccc(-n3c4ccc(Cl)cc4c4ccc(-c5ccccc5)cc43)cc2)cc1. The Bertz CT molecular complexity index is 1690. The molecule has 34 heavy (non-hydrogen) atoms. The van der Waals surface area contributed by atoms with Crippen LogP contribution in [0.25, 0.3) is 49.7 Å². The Kier molecular flexibility index (Phi) is 4.91. The first kappa shape index (κ1) is 20.3. The molecule has 0 radical (unpaired) electrons. The van der Waals surface area contributed by atoms with Gasteiger partial charge in [0.15, 0.2) is 0 Å². The van der Waals surface area contributed by atoms with Crippen LogP contribution in [0, 0.1) is 11.3 Å². The molecular weight excluding hydrogens is 436 g/mol. The molecule has 160 valence electrons. The molecule has 0 aliphatic rings. The minimum atomic E-state index is 0.665. The average Bonchev–Trinajstić information content (AvgIpc) is 3.22. The zero-order valence-corrected chi connectivity index (χ0v) is 19.0. The number of rotatable bonds is 3. The fourth-order valence-electron chi connectivity index (χ4n) is 4.62. The van der Waals surface area contributed by atoms with Crippen LogP contribution in [0.4, 0.5) is 0 Å². The molecule has 1 aromatic heterocycles. The van der Waals surface area contributed by atoms with Crippen LogP contribution in [0.1, 0.15) is 5.56 Å². The molecule has 0 N–H and O–H groups in total. The van der Waals surface area contributed by atoms with Gasteiger partial charge in [0.2, 0.25) is 0 Å². The number of nitriles is 1. The van der Waals surface area contributed by atoms with Crippen molar-refractivity contribution in [3.05, 3.63) is 126 Å². The summed E-state index contributed by atoms with van der Waals surface area (Å²) in [6, 6.07) is 41.6. The third-order valence-corrected chi connectivity index (χ3v) is 6.54. The summed E-state index contributed by atoms with van der Waals surface area (Å²) < 4.78 is 2.30. The average molecular weight is 455 g/mol. The molecule has 6 rings (SSSR count). The number of benzene rings is 5. The van der Waals surface area contributed by atoms with Crippen LogP contribution in [0.2, 0.25) is 5.02 Å². The van der Waals surface area contributed by atoms with E-state index in [2.05, 4.69) is 83.4 Å². The molecule has 0 aliphatic carbocycles. The standard InChI is InChI=1S/C31H19ClN2/c32-26-13-17-30-29(19-26)28-16-12-25(22-4-2-1-3-5-22)18-31(28)34(30)27-14-10-24(11-15-27)23-8-6-21(20-33)7-9-23/h1-19H. The van der Waals surface area contributed by atoms with Crippen molar-refractivity contribution in [2.24, 2.45) is 0 Å². The Morgan fingerprint density at radius 1 is 0.559 bits per heavy atom. The summed E-state index contributed by atoms with van der Waals surface area (Å²) in [4.78, 5) is 0. The van der Waals surface area contributed by atoms with Crippen LogP contribution in [0.3, 0.4) is 0 Å². The summed E-state index contributed by atoms with van der Waals surface area (Å²) >= 11 is 6.38. The number of nitrogens with zero attached hydrogens (tertiary/aromatic N) is 2. The summed E-state index contributed by atoms with van der Waals surface area (Å²) in [5, 5.41) is 12.1. The highest BCUT2D eigenvalue weighted by molar-refractivity contribution is 6.32. The Hall–Kier alpha value is -4.32. The zero-order chi connectivity index (χ0) is 23.1. The van der Waals surface area contributed by atoms with E-state index < -0.39 is 0 Å². The molecule has 1 heterocycles. The molecule has 3 heteroatoms. The Balaban J connectivity index is 1.53. The number of fused-ring (bicyclic) bond motifs is 3. The summed E-state index contributed by atoms with van der Waals surface area (Å²) in [6.07, 6.45) is 0. The van der Waals surface area contributed by atoms with Gasteiger partial charge in [0.25, 0.3) is 0 Å². The fourth-order valence-corrected chi connectivity index (χ4v) is 4.79. The van der Waals surface area contributed by atoms with Gasteiger partial charge in [-0.3, -0.25) is 0 Å². The van der Waals surface area contributed by atoms with Crippen LogP contribution in [-0.4, -0.2) is 4.57 Å². The molecule has 0 aliphatic heterocycles. The maximum atomic E-state index is 9.06. The Labute approximate surface area is 202 Å². The van der Waals surface area contributed by atoms with E-state index in [0.717, 1.165) is 38.3 Å². The largest absolute Gasteiger partial charge is 0.309 e. The summed E-state index contributed by atoms with van der Waals surface area (Å²) in [5.74, 6) is 0. The van der Waals surface area contributed by atoms with Gasteiger partial charge in [-0.1, -0.05) is 78.3 Å². The van der Waals surface area contributed by atoms with Crippen molar-refractivity contribution in [2.45, 2.75) is 0 Å². The minimum absolute atomic E-state index is 0.665. The van der Waals surface area contributed by atoms with Crippen LogP contribution >= 0.6 is 11.6 Å². The Morgan fingerprint density at radius 3 is 1.91 bits per heavy atom. The van der Waals surface area contributed by atoms with Gasteiger partial charge in [-0.25, -0.2) is 0 Å². The number of aromatic nitrogens is 1. The monoisotopic (exact) mass is 454 g/mol. The van der Waals surface area contributed by atoms with Crippen molar-refractivity contribution < 1.29 is 0 Å². The van der Waals surface area contributed by atoms with Crippen molar-refractivity contribution in [3.8, 4) is 34.0 Å². The number of halogens is 1. The normalized spacial score (nSPS) is 11.1. The molecule has 0 fully saturated rings. The third-order valence-electron chi connectivity index (χ3n) is 6.31. The van der Waals surface area contributed by atoms with Crippen molar-refractivity contribution in [3.63, 3.8) is 0 Å². The lowest BCUT2D eigenvalue weighted by Crippen LogP contribution is -1.94. The first-order valence-electron chi connectivity index (χ1n) is 11.1. The third kappa shape index (κ3) is 3.44. The second-order valence-electron chi connectivity index (χ2n) is 8.33. The van der Waals surface area contributed by atoms with Gasteiger partial charge in [0, 0.05) is 21.5 Å². The fraction of sp³-hybridized carbons (Fsp3) is 0. The molecule has 6 aromatic rings. The first-order valence-corrected chi connectivity index (χ1v) is 11.5. The van der Waals surface area contributed by atoms with Gasteiger partial charge < -0.3 is 4.57 Å². The quantitative estimate of drug-likeness (QED) is 0.263. The van der Waals surface area contributed by atoms with Gasteiger partial charge in [-0.05, 0) is 70.8 Å². The molecule has 0 spiro atoms. The maximum absolute atomic E-state index is 9.06. The van der Waals surface area contributed by atoms with Gasteiger partial charge in [0.05, 0.1) is 22.7 Å². The highest BCUT2D eigenvalue weighted by Crippen LogP contribution is 2.36. The lowest BCUT2D eigenvalue weighted by atomic mass is 10.0. The van der Waals surface area contributed by atoms with Crippen molar-refractivity contribution >= 4 is 33.4 Å². The van der Waals surface area contributed by atoms with E-state index in [9.17, 15) is 0 Å². The molecule has 0 atom stereocenters. The predicted octanol–water partition coefficient (Wildman–Crippen LogP) is 8.64. The Morgan fingerprint density at radius 2 is 1.21 bits per heavy atom. The molecule has 2 nitrogen and oxygen atoms in total. The highest BCUT2D eigenvalue weighted by Gasteiger charge is 2.14. The van der Waals surface area contributed by atoms with Gasteiger partial charge in [0.1, 0.15) is 0 Å². The van der Waals surface area contributed by atoms with E-state index in [1.807, 2.05) is 42.5 Å². The summed E-state index contributed by atoms with van der Waals surface area (Å²) in [6.45, 7) is 0. The van der Waals surface area contributed by atoms with Gasteiger partial charge >= 0.3 is 0 Å². The van der Waals surface area contributed by atoms with Crippen LogP contribution < -0.4 is 0 Å². The smallest absolute Gasteiger partial charge is 0.0991 e. The second-order valence-corrected chi connectivity index (χ2v) is 8.77.